The Kier molecular flexibility index (Phi) is 2.45. The van der Waals surface area contributed by atoms with E-state index in [1.54, 1.807) is 14.1 Å². The number of carbonyl (C=O) groups excluding carboxylic acids is 1. The molecule has 4 heteroatoms. The van der Waals surface area contributed by atoms with E-state index in [-0.39, 0.29) is 5.69 Å². The van der Waals surface area contributed by atoms with Crippen LogP contribution < -0.4 is 4.90 Å². The van der Waals surface area contributed by atoms with Gasteiger partial charge < -0.3 is 9.69 Å². The normalized spacial score (nSPS) is 17.0. The van der Waals surface area contributed by atoms with Gasteiger partial charge in [0.15, 0.2) is 11.6 Å². The fourth-order valence-electron chi connectivity index (χ4n) is 1.96. The van der Waals surface area contributed by atoms with E-state index in [0.717, 1.165) is 12.4 Å². The molecule has 2 rings (SSSR count). The van der Waals surface area contributed by atoms with E-state index in [9.17, 15) is 13.6 Å². The van der Waals surface area contributed by atoms with Gasteiger partial charge in [-0.2, -0.15) is 0 Å². The predicted molar refractivity (Wildman–Crippen MR) is 57.7 cm³/mol. The third kappa shape index (κ3) is 1.49. The van der Waals surface area contributed by atoms with E-state index in [1.807, 2.05) is 0 Å². The summed E-state index contributed by atoms with van der Waals surface area (Å²) in [6.45, 7) is 0. The Morgan fingerprint density at radius 3 is 2.38 bits per heavy atom. The maximum Gasteiger partial charge on any atom is 0.182 e. The first kappa shape index (κ1) is 11.0. The van der Waals surface area contributed by atoms with Gasteiger partial charge in [0.25, 0.3) is 0 Å². The Bertz CT molecular complexity index is 439. The second kappa shape index (κ2) is 3.54. The number of aldehydes is 1. The first-order valence-corrected chi connectivity index (χ1v) is 5.14. The maximum atomic E-state index is 13.7. The van der Waals surface area contributed by atoms with Crippen molar-refractivity contribution in [3.63, 3.8) is 0 Å². The van der Waals surface area contributed by atoms with E-state index in [2.05, 4.69) is 0 Å². The van der Waals surface area contributed by atoms with Gasteiger partial charge in [-0.1, -0.05) is 6.07 Å². The molecule has 86 valence electrons. The van der Waals surface area contributed by atoms with Crippen molar-refractivity contribution in [1.82, 2.24) is 0 Å². The van der Waals surface area contributed by atoms with Crippen LogP contribution in [-0.2, 0) is 10.2 Å². The second-order valence-electron chi connectivity index (χ2n) is 4.43. The minimum Gasteiger partial charge on any atom is -0.375 e. The molecule has 0 aliphatic heterocycles. The lowest BCUT2D eigenvalue weighted by molar-refractivity contribution is -0.109. The Morgan fingerprint density at radius 1 is 1.31 bits per heavy atom. The van der Waals surface area contributed by atoms with Gasteiger partial charge in [0, 0.05) is 14.1 Å². The molecule has 0 N–H and O–H groups in total. The fraction of sp³-hybridized carbons (Fsp3) is 0.417. The summed E-state index contributed by atoms with van der Waals surface area (Å²) in [5.74, 6) is -1.76. The topological polar surface area (TPSA) is 20.3 Å². The SMILES string of the molecule is CN(C)c1c(C2(C=O)CC2)ccc(F)c1F. The number of nitrogens with zero attached hydrogens (tertiary/aromatic N) is 1. The number of benzene rings is 1. The van der Waals surface area contributed by atoms with Crippen molar-refractivity contribution in [2.24, 2.45) is 0 Å². The quantitative estimate of drug-likeness (QED) is 0.735. The first-order valence-electron chi connectivity index (χ1n) is 5.14. The fourth-order valence-corrected chi connectivity index (χ4v) is 1.96. The molecule has 0 bridgehead atoms. The number of rotatable bonds is 3. The van der Waals surface area contributed by atoms with Crippen LogP contribution >= 0.6 is 0 Å². The van der Waals surface area contributed by atoms with Gasteiger partial charge in [-0.05, 0) is 24.5 Å². The lowest BCUT2D eigenvalue weighted by atomic mass is 9.95. The molecule has 0 heterocycles. The van der Waals surface area contributed by atoms with Gasteiger partial charge in [-0.3, -0.25) is 0 Å². The number of halogens is 2. The van der Waals surface area contributed by atoms with Crippen LogP contribution in [0.1, 0.15) is 18.4 Å². The molecule has 16 heavy (non-hydrogen) atoms. The Labute approximate surface area is 92.9 Å². The number of hydrogen-bond donors (Lipinski definition) is 0. The highest BCUT2D eigenvalue weighted by molar-refractivity contribution is 5.78. The van der Waals surface area contributed by atoms with Crippen LogP contribution in [0.2, 0.25) is 0 Å². The molecule has 1 fully saturated rings. The van der Waals surface area contributed by atoms with Crippen molar-refractivity contribution in [3.8, 4) is 0 Å². The Balaban J connectivity index is 2.62. The van der Waals surface area contributed by atoms with E-state index < -0.39 is 17.0 Å². The lowest BCUT2D eigenvalue weighted by Gasteiger charge is -2.21. The minimum absolute atomic E-state index is 0.185. The van der Waals surface area contributed by atoms with Gasteiger partial charge in [0.05, 0.1) is 11.1 Å². The summed E-state index contributed by atoms with van der Waals surface area (Å²) in [4.78, 5) is 12.5. The molecule has 0 aromatic heterocycles. The Hall–Kier alpha value is -1.45. The van der Waals surface area contributed by atoms with Crippen LogP contribution in [0.15, 0.2) is 12.1 Å². The lowest BCUT2D eigenvalue weighted by Crippen LogP contribution is -2.19. The average molecular weight is 225 g/mol. The van der Waals surface area contributed by atoms with E-state index >= 15 is 0 Å². The predicted octanol–water partition coefficient (Wildman–Crippen LogP) is 2.26. The van der Waals surface area contributed by atoms with Crippen molar-refractivity contribution in [2.75, 3.05) is 19.0 Å². The highest BCUT2D eigenvalue weighted by Crippen LogP contribution is 2.50. The van der Waals surface area contributed by atoms with Crippen LogP contribution in [-0.4, -0.2) is 20.4 Å². The second-order valence-corrected chi connectivity index (χ2v) is 4.43. The molecule has 1 aromatic rings. The van der Waals surface area contributed by atoms with Crippen molar-refractivity contribution >= 4 is 12.0 Å². The number of carbonyl (C=O) groups is 1. The molecule has 1 aromatic carbocycles. The third-order valence-corrected chi connectivity index (χ3v) is 3.07. The molecule has 0 amide bonds. The highest BCUT2D eigenvalue weighted by Gasteiger charge is 2.46. The summed E-state index contributed by atoms with van der Waals surface area (Å²) in [6.07, 6.45) is 2.26. The molecule has 1 saturated carbocycles. The highest BCUT2D eigenvalue weighted by atomic mass is 19.2. The van der Waals surface area contributed by atoms with Crippen LogP contribution in [0.25, 0.3) is 0 Å². The average Bonchev–Trinajstić information content (AvgIpc) is 3.02. The smallest absolute Gasteiger partial charge is 0.182 e. The summed E-state index contributed by atoms with van der Waals surface area (Å²) in [5, 5.41) is 0. The molecule has 1 aliphatic rings. The summed E-state index contributed by atoms with van der Waals surface area (Å²) in [7, 11) is 3.28. The van der Waals surface area contributed by atoms with E-state index in [1.165, 1.54) is 11.0 Å². The summed E-state index contributed by atoms with van der Waals surface area (Å²) in [6, 6.07) is 2.59. The zero-order valence-corrected chi connectivity index (χ0v) is 9.26. The van der Waals surface area contributed by atoms with E-state index in [0.29, 0.717) is 18.4 Å². The molecule has 0 atom stereocenters. The van der Waals surface area contributed by atoms with Crippen molar-refractivity contribution in [1.29, 1.82) is 0 Å². The van der Waals surface area contributed by atoms with Crippen molar-refractivity contribution in [2.45, 2.75) is 18.3 Å². The number of hydrogen-bond acceptors (Lipinski definition) is 2. The van der Waals surface area contributed by atoms with Crippen LogP contribution in [0.4, 0.5) is 14.5 Å². The molecule has 0 spiro atoms. The summed E-state index contributed by atoms with van der Waals surface area (Å²) in [5.41, 5.74) is 0.185. The molecule has 0 unspecified atom stereocenters. The molecule has 1 aliphatic carbocycles. The maximum absolute atomic E-state index is 13.7. The molecule has 2 nitrogen and oxygen atoms in total. The number of anilines is 1. The van der Waals surface area contributed by atoms with Crippen molar-refractivity contribution in [3.05, 3.63) is 29.3 Å². The molecular weight excluding hydrogens is 212 g/mol. The molecule has 0 radical (unpaired) electrons. The first-order chi connectivity index (χ1) is 7.52. The molecule has 0 saturated heterocycles. The molecular formula is C12H13F2NO. The Morgan fingerprint density at radius 2 is 1.94 bits per heavy atom. The van der Waals surface area contributed by atoms with Crippen LogP contribution in [0.5, 0.6) is 0 Å². The van der Waals surface area contributed by atoms with Gasteiger partial charge in [-0.25, -0.2) is 8.78 Å². The van der Waals surface area contributed by atoms with Gasteiger partial charge in [0.2, 0.25) is 0 Å². The monoisotopic (exact) mass is 225 g/mol. The van der Waals surface area contributed by atoms with E-state index in [4.69, 9.17) is 0 Å². The zero-order valence-electron chi connectivity index (χ0n) is 9.26. The standard InChI is InChI=1S/C12H13F2NO/c1-15(2)11-8(12(7-16)5-6-12)3-4-9(13)10(11)14/h3-4,7H,5-6H2,1-2H3. The minimum atomic E-state index is -0.880. The van der Waals surface area contributed by atoms with Gasteiger partial charge in [-0.15, -0.1) is 0 Å². The third-order valence-electron chi connectivity index (χ3n) is 3.07. The zero-order chi connectivity index (χ0) is 11.9. The van der Waals surface area contributed by atoms with Crippen molar-refractivity contribution < 1.29 is 13.6 Å². The van der Waals surface area contributed by atoms with Crippen LogP contribution in [0, 0.1) is 11.6 Å². The summed E-state index contributed by atoms with van der Waals surface area (Å²) < 4.78 is 26.8. The largest absolute Gasteiger partial charge is 0.375 e. The summed E-state index contributed by atoms with van der Waals surface area (Å²) >= 11 is 0. The van der Waals surface area contributed by atoms with Gasteiger partial charge in [0.1, 0.15) is 6.29 Å². The van der Waals surface area contributed by atoms with Gasteiger partial charge >= 0.3 is 0 Å². The van der Waals surface area contributed by atoms with Crippen LogP contribution in [0.3, 0.4) is 0 Å².